The summed E-state index contributed by atoms with van der Waals surface area (Å²) < 4.78 is 37.7. The van der Waals surface area contributed by atoms with E-state index in [-0.39, 0.29) is 30.6 Å². The molecule has 158 valence electrons. The van der Waals surface area contributed by atoms with Gasteiger partial charge in [0, 0.05) is 31.3 Å². The summed E-state index contributed by atoms with van der Waals surface area (Å²) in [5.41, 5.74) is 1.01. The number of sulfonamides is 1. The van der Waals surface area contributed by atoms with Crippen molar-refractivity contribution in [3.63, 3.8) is 0 Å². The molecule has 0 fully saturated rings. The maximum atomic E-state index is 12.8. The quantitative estimate of drug-likeness (QED) is 0.574. The van der Waals surface area contributed by atoms with Crippen molar-refractivity contribution in [3.05, 3.63) is 58.6 Å². The molecule has 2 aromatic carbocycles. The third-order valence-electron chi connectivity index (χ3n) is 4.19. The van der Waals surface area contributed by atoms with Gasteiger partial charge >= 0.3 is 0 Å². The molecular weight excluding hydrogens is 416 g/mol. The highest BCUT2D eigenvalue weighted by atomic mass is 35.5. The highest BCUT2D eigenvalue weighted by molar-refractivity contribution is 7.89. The Kier molecular flexibility index (Phi) is 8.45. The summed E-state index contributed by atoms with van der Waals surface area (Å²) in [4.78, 5) is 14.3. The molecule has 0 aliphatic heterocycles. The number of carbonyl (C=O) groups excluding carboxylic acids is 1. The highest BCUT2D eigenvalue weighted by Crippen LogP contribution is 2.18. The number of nitrogens with one attached hydrogen (secondary N) is 1. The van der Waals surface area contributed by atoms with Gasteiger partial charge in [0.25, 0.3) is 5.91 Å². The minimum atomic E-state index is -3.73. The van der Waals surface area contributed by atoms with Crippen LogP contribution >= 0.6 is 11.6 Å². The molecule has 1 N–H and O–H groups in total. The van der Waals surface area contributed by atoms with Gasteiger partial charge in [0.2, 0.25) is 10.0 Å². The molecule has 0 spiro atoms. The second-order valence-corrected chi connectivity index (χ2v) is 8.60. The molecule has 0 aliphatic carbocycles. The van der Waals surface area contributed by atoms with Crippen molar-refractivity contribution in [2.24, 2.45) is 0 Å². The first-order valence-corrected chi connectivity index (χ1v) is 10.8. The van der Waals surface area contributed by atoms with E-state index in [0.29, 0.717) is 28.4 Å². The number of ether oxygens (including phenoxy) is 2. The van der Waals surface area contributed by atoms with E-state index in [1.165, 1.54) is 24.1 Å². The SMILES string of the molecule is COCCNS(=O)(=O)c1ccc(C)c(C(=O)N(C)CCOc2cccc(Cl)c2)c1. The van der Waals surface area contributed by atoms with E-state index in [2.05, 4.69) is 4.72 Å². The number of aryl methyl sites for hydroxylation is 1. The Morgan fingerprint density at radius 1 is 1.17 bits per heavy atom. The van der Waals surface area contributed by atoms with Crippen LogP contribution in [0.2, 0.25) is 5.02 Å². The Morgan fingerprint density at radius 2 is 1.93 bits per heavy atom. The van der Waals surface area contributed by atoms with Gasteiger partial charge in [0.05, 0.1) is 18.0 Å². The lowest BCUT2D eigenvalue weighted by atomic mass is 10.1. The predicted molar refractivity (Wildman–Crippen MR) is 112 cm³/mol. The zero-order chi connectivity index (χ0) is 21.4. The summed E-state index contributed by atoms with van der Waals surface area (Å²) in [5, 5.41) is 0.569. The fourth-order valence-electron chi connectivity index (χ4n) is 2.52. The molecule has 2 aromatic rings. The standard InChI is InChI=1S/C20H25ClN2O5S/c1-15-7-8-18(29(25,26)22-9-11-27-3)14-19(15)20(24)23(2)10-12-28-17-6-4-5-16(21)13-17/h4-8,13-14,22H,9-12H2,1-3H3. The number of benzene rings is 2. The van der Waals surface area contributed by atoms with E-state index in [4.69, 9.17) is 21.1 Å². The van der Waals surface area contributed by atoms with Crippen molar-refractivity contribution in [1.82, 2.24) is 9.62 Å². The molecule has 0 atom stereocenters. The van der Waals surface area contributed by atoms with Gasteiger partial charge in [0.1, 0.15) is 12.4 Å². The number of hydrogen-bond acceptors (Lipinski definition) is 5. The minimum absolute atomic E-state index is 0.0335. The lowest BCUT2D eigenvalue weighted by Gasteiger charge is -2.19. The van der Waals surface area contributed by atoms with E-state index in [1.54, 1.807) is 44.3 Å². The molecule has 1 amide bonds. The van der Waals surface area contributed by atoms with Gasteiger partial charge in [-0.2, -0.15) is 0 Å². The number of nitrogens with zero attached hydrogens (tertiary/aromatic N) is 1. The van der Waals surface area contributed by atoms with Crippen molar-refractivity contribution in [2.75, 3.05) is 40.5 Å². The molecular formula is C20H25ClN2O5S. The number of hydrogen-bond donors (Lipinski definition) is 1. The zero-order valence-corrected chi connectivity index (χ0v) is 18.2. The predicted octanol–water partition coefficient (Wildman–Crippen LogP) is 2.72. The Morgan fingerprint density at radius 3 is 2.62 bits per heavy atom. The lowest BCUT2D eigenvalue weighted by molar-refractivity contribution is 0.0773. The van der Waals surface area contributed by atoms with Crippen LogP contribution in [0.1, 0.15) is 15.9 Å². The third kappa shape index (κ3) is 6.71. The minimum Gasteiger partial charge on any atom is -0.492 e. The zero-order valence-electron chi connectivity index (χ0n) is 16.6. The molecule has 0 unspecified atom stereocenters. The first-order chi connectivity index (χ1) is 13.7. The summed E-state index contributed by atoms with van der Waals surface area (Å²) in [5.74, 6) is 0.330. The first-order valence-electron chi connectivity index (χ1n) is 8.97. The number of carbonyl (C=O) groups is 1. The summed E-state index contributed by atoms with van der Waals surface area (Å²) in [6.45, 7) is 2.77. The van der Waals surface area contributed by atoms with E-state index < -0.39 is 10.0 Å². The van der Waals surface area contributed by atoms with Gasteiger partial charge in [-0.25, -0.2) is 13.1 Å². The number of likely N-dealkylation sites (N-methyl/N-ethyl adjacent to an activating group) is 1. The van der Waals surface area contributed by atoms with Crippen LogP contribution in [-0.2, 0) is 14.8 Å². The van der Waals surface area contributed by atoms with Crippen molar-refractivity contribution < 1.29 is 22.7 Å². The average molecular weight is 441 g/mol. The van der Waals surface area contributed by atoms with Crippen molar-refractivity contribution >= 4 is 27.5 Å². The van der Waals surface area contributed by atoms with E-state index in [0.717, 1.165) is 0 Å². The lowest BCUT2D eigenvalue weighted by Crippen LogP contribution is -2.32. The summed E-state index contributed by atoms with van der Waals surface area (Å²) >= 11 is 5.92. The summed E-state index contributed by atoms with van der Waals surface area (Å²) in [6.07, 6.45) is 0. The van der Waals surface area contributed by atoms with Gasteiger partial charge in [-0.15, -0.1) is 0 Å². The Balaban J connectivity index is 2.05. The van der Waals surface area contributed by atoms with Crippen LogP contribution in [0.4, 0.5) is 0 Å². The molecule has 0 radical (unpaired) electrons. The normalized spacial score (nSPS) is 11.3. The van der Waals surface area contributed by atoms with Crippen LogP contribution in [-0.4, -0.2) is 59.7 Å². The van der Waals surface area contributed by atoms with Gasteiger partial charge in [0.15, 0.2) is 0 Å². The van der Waals surface area contributed by atoms with Crippen molar-refractivity contribution in [2.45, 2.75) is 11.8 Å². The molecule has 29 heavy (non-hydrogen) atoms. The van der Waals surface area contributed by atoms with Crippen LogP contribution in [0.3, 0.4) is 0 Å². The summed E-state index contributed by atoms with van der Waals surface area (Å²) in [7, 11) is -0.597. The van der Waals surface area contributed by atoms with Crippen LogP contribution in [0.15, 0.2) is 47.4 Å². The largest absolute Gasteiger partial charge is 0.492 e. The second-order valence-electron chi connectivity index (χ2n) is 6.40. The average Bonchev–Trinajstić information content (AvgIpc) is 2.67. The Hall–Kier alpha value is -2.13. The number of halogens is 1. The van der Waals surface area contributed by atoms with E-state index in [9.17, 15) is 13.2 Å². The smallest absolute Gasteiger partial charge is 0.254 e. The van der Waals surface area contributed by atoms with Gasteiger partial charge < -0.3 is 14.4 Å². The van der Waals surface area contributed by atoms with Crippen LogP contribution in [0, 0.1) is 6.92 Å². The second kappa shape index (κ2) is 10.6. The van der Waals surface area contributed by atoms with Crippen LogP contribution in [0.25, 0.3) is 0 Å². The fourth-order valence-corrected chi connectivity index (χ4v) is 3.74. The van der Waals surface area contributed by atoms with Gasteiger partial charge in [-0.05, 0) is 42.8 Å². The summed E-state index contributed by atoms with van der Waals surface area (Å²) in [6, 6.07) is 11.5. The topological polar surface area (TPSA) is 84.9 Å². The molecule has 0 bridgehead atoms. The van der Waals surface area contributed by atoms with E-state index in [1.807, 2.05) is 0 Å². The Bertz CT molecular complexity index is 950. The van der Waals surface area contributed by atoms with Crippen molar-refractivity contribution in [1.29, 1.82) is 0 Å². The molecule has 0 aromatic heterocycles. The molecule has 0 saturated carbocycles. The molecule has 2 rings (SSSR count). The van der Waals surface area contributed by atoms with Crippen LogP contribution < -0.4 is 9.46 Å². The highest BCUT2D eigenvalue weighted by Gasteiger charge is 2.20. The number of rotatable bonds is 10. The van der Waals surface area contributed by atoms with E-state index >= 15 is 0 Å². The van der Waals surface area contributed by atoms with Crippen LogP contribution in [0.5, 0.6) is 5.75 Å². The first kappa shape index (κ1) is 23.2. The fraction of sp³-hybridized carbons (Fsp3) is 0.350. The molecule has 7 nitrogen and oxygen atoms in total. The monoisotopic (exact) mass is 440 g/mol. The molecule has 0 heterocycles. The number of amides is 1. The Labute approximate surface area is 176 Å². The van der Waals surface area contributed by atoms with Gasteiger partial charge in [-0.1, -0.05) is 23.7 Å². The molecule has 9 heteroatoms. The molecule has 0 aliphatic rings. The molecule has 0 saturated heterocycles. The van der Waals surface area contributed by atoms with Crippen molar-refractivity contribution in [3.8, 4) is 5.75 Å². The van der Waals surface area contributed by atoms with Gasteiger partial charge in [-0.3, -0.25) is 4.79 Å². The maximum absolute atomic E-state index is 12.8. The maximum Gasteiger partial charge on any atom is 0.254 e. The number of methoxy groups -OCH3 is 1. The third-order valence-corrected chi connectivity index (χ3v) is 5.88.